The molecule has 0 spiro atoms. The van der Waals surface area contributed by atoms with Crippen LogP contribution in [0.25, 0.3) is 11.2 Å². The minimum absolute atomic E-state index is 0.0103. The van der Waals surface area contributed by atoms with Gasteiger partial charge in [0, 0.05) is 20.1 Å². The van der Waals surface area contributed by atoms with E-state index in [1.54, 1.807) is 0 Å². The Bertz CT molecular complexity index is 1260. The molecule has 0 amide bonds. The van der Waals surface area contributed by atoms with Crippen LogP contribution in [0.1, 0.15) is 17.8 Å². The molecule has 1 fully saturated rings. The molecule has 12 heteroatoms. The average molecular weight is 461 g/mol. The number of aromatic nitrogens is 5. The van der Waals surface area contributed by atoms with Gasteiger partial charge in [-0.15, -0.1) is 10.2 Å². The molecule has 1 aromatic carbocycles. The second-order valence-corrected chi connectivity index (χ2v) is 7.87. The zero-order valence-corrected chi connectivity index (χ0v) is 18.3. The Morgan fingerprint density at radius 2 is 1.91 bits per heavy atom. The third kappa shape index (κ3) is 5.29. The van der Waals surface area contributed by atoms with Crippen molar-refractivity contribution in [1.29, 1.82) is 0 Å². The summed E-state index contributed by atoms with van der Waals surface area (Å²) in [4.78, 5) is 31.9. The van der Waals surface area contributed by atoms with Gasteiger partial charge in [0.25, 0.3) is 5.56 Å². The highest BCUT2D eigenvalue weighted by atomic mass is 19.2. The molecule has 0 bridgehead atoms. The first kappa shape index (κ1) is 23.1. The fourth-order valence-corrected chi connectivity index (χ4v) is 3.69. The van der Waals surface area contributed by atoms with E-state index in [1.165, 1.54) is 17.7 Å². The first-order valence-electron chi connectivity index (χ1n) is 10.7. The molecule has 3 heterocycles. The zero-order valence-electron chi connectivity index (χ0n) is 18.3. The lowest BCUT2D eigenvalue weighted by Gasteiger charge is -2.26. The molecule has 176 valence electrons. The summed E-state index contributed by atoms with van der Waals surface area (Å²) in [6.07, 6.45) is 0.941. The fourth-order valence-electron chi connectivity index (χ4n) is 3.69. The van der Waals surface area contributed by atoms with E-state index < -0.39 is 22.9 Å². The third-order valence-electron chi connectivity index (χ3n) is 5.53. The maximum Gasteiger partial charge on any atom is 0.332 e. The van der Waals surface area contributed by atoms with Gasteiger partial charge in [0.05, 0.1) is 26.3 Å². The minimum atomic E-state index is -1.03. The van der Waals surface area contributed by atoms with E-state index >= 15 is 0 Å². The number of nitrogens with one attached hydrogen (secondary N) is 1. The molecule has 1 aliphatic rings. The number of nitrogens with zero attached hydrogens (tertiary/aromatic N) is 6. The van der Waals surface area contributed by atoms with Crippen LogP contribution in [0.5, 0.6) is 0 Å². The second kappa shape index (κ2) is 10.2. The molecule has 10 nitrogen and oxygen atoms in total. The first-order valence-corrected chi connectivity index (χ1v) is 10.7. The maximum atomic E-state index is 13.6. The summed E-state index contributed by atoms with van der Waals surface area (Å²) in [5.41, 5.74) is -0.935. The Morgan fingerprint density at radius 1 is 1.12 bits per heavy atom. The standard InChI is InChI=1S/C21H25F2N7O3/c1-28-20(31)18-19(30(21(28)32)13-14-3-4-15(22)16(23)11-14)27-26-17(25-18)12-24-5-2-6-29-7-9-33-10-8-29/h3-4,11,24H,2,5-10,12-13H2,1H3. The molecule has 1 saturated heterocycles. The van der Waals surface area contributed by atoms with Gasteiger partial charge in [0.2, 0.25) is 0 Å². The van der Waals surface area contributed by atoms with Gasteiger partial charge in [-0.2, -0.15) is 0 Å². The summed E-state index contributed by atoms with van der Waals surface area (Å²) in [5.74, 6) is -1.69. The number of halogens is 2. The Kier molecular flexibility index (Phi) is 7.16. The lowest BCUT2D eigenvalue weighted by Crippen LogP contribution is -2.39. The van der Waals surface area contributed by atoms with E-state index in [2.05, 4.69) is 25.4 Å². The zero-order chi connectivity index (χ0) is 23.4. The van der Waals surface area contributed by atoms with Crippen LogP contribution < -0.4 is 16.6 Å². The lowest BCUT2D eigenvalue weighted by molar-refractivity contribution is 0.0374. The molecule has 0 saturated carbocycles. The molecule has 0 aliphatic carbocycles. The van der Waals surface area contributed by atoms with Crippen LogP contribution in [0, 0.1) is 11.6 Å². The molecule has 1 aliphatic heterocycles. The van der Waals surface area contributed by atoms with Crippen LogP contribution >= 0.6 is 0 Å². The van der Waals surface area contributed by atoms with Crippen molar-refractivity contribution in [3.05, 3.63) is 62.1 Å². The van der Waals surface area contributed by atoms with E-state index in [-0.39, 0.29) is 17.7 Å². The molecular weight excluding hydrogens is 436 g/mol. The van der Waals surface area contributed by atoms with Crippen molar-refractivity contribution in [2.24, 2.45) is 7.05 Å². The predicted octanol–water partition coefficient (Wildman–Crippen LogP) is 0.0236. The summed E-state index contributed by atoms with van der Waals surface area (Å²) in [7, 11) is 1.33. The van der Waals surface area contributed by atoms with Crippen LogP contribution in [0.2, 0.25) is 0 Å². The topological polar surface area (TPSA) is 107 Å². The van der Waals surface area contributed by atoms with Gasteiger partial charge in [0.1, 0.15) is 0 Å². The molecule has 4 rings (SSSR count). The van der Waals surface area contributed by atoms with Gasteiger partial charge in [-0.25, -0.2) is 18.6 Å². The van der Waals surface area contributed by atoms with E-state index in [9.17, 15) is 18.4 Å². The number of morpholine rings is 1. The van der Waals surface area contributed by atoms with Crippen molar-refractivity contribution in [3.63, 3.8) is 0 Å². The van der Waals surface area contributed by atoms with Crippen LogP contribution in [-0.2, 0) is 24.9 Å². The summed E-state index contributed by atoms with van der Waals surface area (Å²) in [5, 5.41) is 11.3. The van der Waals surface area contributed by atoms with E-state index in [0.29, 0.717) is 17.9 Å². The van der Waals surface area contributed by atoms with Crippen LogP contribution in [-0.4, -0.2) is 68.6 Å². The van der Waals surface area contributed by atoms with Crippen molar-refractivity contribution in [2.75, 3.05) is 39.4 Å². The van der Waals surface area contributed by atoms with Crippen molar-refractivity contribution in [1.82, 2.24) is 34.5 Å². The highest BCUT2D eigenvalue weighted by molar-refractivity contribution is 5.68. The van der Waals surface area contributed by atoms with Gasteiger partial charge in [-0.1, -0.05) is 6.07 Å². The van der Waals surface area contributed by atoms with E-state index in [0.717, 1.165) is 62.5 Å². The van der Waals surface area contributed by atoms with Crippen molar-refractivity contribution < 1.29 is 13.5 Å². The molecule has 0 radical (unpaired) electrons. The molecule has 2 aromatic heterocycles. The quantitative estimate of drug-likeness (QED) is 0.468. The van der Waals surface area contributed by atoms with Gasteiger partial charge < -0.3 is 10.1 Å². The summed E-state index contributed by atoms with van der Waals surface area (Å²) < 4.78 is 34.3. The number of fused-ring (bicyclic) bond motifs is 1. The predicted molar refractivity (Wildman–Crippen MR) is 116 cm³/mol. The van der Waals surface area contributed by atoms with E-state index in [4.69, 9.17) is 4.74 Å². The molecule has 0 unspecified atom stereocenters. The number of rotatable bonds is 8. The number of hydrogen-bond donors (Lipinski definition) is 1. The lowest BCUT2D eigenvalue weighted by atomic mass is 10.2. The SMILES string of the molecule is Cn1c(=O)c2nc(CNCCCN3CCOCC3)nnc2n(Cc2ccc(F)c(F)c2)c1=O. The highest BCUT2D eigenvalue weighted by Crippen LogP contribution is 2.11. The van der Waals surface area contributed by atoms with Crippen LogP contribution in [0.15, 0.2) is 27.8 Å². The largest absolute Gasteiger partial charge is 0.379 e. The molecule has 1 N–H and O–H groups in total. The van der Waals surface area contributed by atoms with Crippen LogP contribution in [0.3, 0.4) is 0 Å². The Morgan fingerprint density at radius 3 is 2.67 bits per heavy atom. The van der Waals surface area contributed by atoms with Crippen molar-refractivity contribution >= 4 is 11.2 Å². The average Bonchev–Trinajstić information content (AvgIpc) is 2.83. The van der Waals surface area contributed by atoms with Gasteiger partial charge in [-0.05, 0) is 37.2 Å². The van der Waals surface area contributed by atoms with Crippen molar-refractivity contribution in [2.45, 2.75) is 19.5 Å². The third-order valence-corrected chi connectivity index (χ3v) is 5.53. The Balaban J connectivity index is 1.49. The van der Waals surface area contributed by atoms with Crippen molar-refractivity contribution in [3.8, 4) is 0 Å². The summed E-state index contributed by atoms with van der Waals surface area (Å²) in [6, 6.07) is 3.33. The highest BCUT2D eigenvalue weighted by Gasteiger charge is 2.16. The molecule has 3 aromatic rings. The van der Waals surface area contributed by atoms with Crippen LogP contribution in [0.4, 0.5) is 8.78 Å². The number of hydrogen-bond acceptors (Lipinski definition) is 8. The van der Waals surface area contributed by atoms with E-state index in [1.807, 2.05) is 0 Å². The minimum Gasteiger partial charge on any atom is -0.379 e. The fraction of sp³-hybridized carbons (Fsp3) is 0.476. The van der Waals surface area contributed by atoms with Gasteiger partial charge in [0.15, 0.2) is 28.6 Å². The Hall–Kier alpha value is -3.09. The molecule has 33 heavy (non-hydrogen) atoms. The monoisotopic (exact) mass is 461 g/mol. The smallest absolute Gasteiger partial charge is 0.332 e. The van der Waals surface area contributed by atoms with Gasteiger partial charge in [-0.3, -0.25) is 18.8 Å². The summed E-state index contributed by atoms with van der Waals surface area (Å²) >= 11 is 0. The Labute approximate surface area is 187 Å². The number of benzene rings is 1. The first-order chi connectivity index (χ1) is 15.9. The molecular formula is C21H25F2N7O3. The second-order valence-electron chi connectivity index (χ2n) is 7.87. The number of ether oxygens (including phenoxy) is 1. The normalized spacial score (nSPS) is 14.8. The van der Waals surface area contributed by atoms with Gasteiger partial charge >= 0.3 is 5.69 Å². The molecule has 0 atom stereocenters. The summed E-state index contributed by atoms with van der Waals surface area (Å²) in [6.45, 7) is 5.31. The maximum absolute atomic E-state index is 13.6.